The summed E-state index contributed by atoms with van der Waals surface area (Å²) in [5.74, 6) is 0.948. The van der Waals surface area contributed by atoms with Gasteiger partial charge in [0, 0.05) is 23.7 Å². The predicted octanol–water partition coefficient (Wildman–Crippen LogP) is 3.57. The topological polar surface area (TPSA) is 25.4 Å². The van der Waals surface area contributed by atoms with Gasteiger partial charge in [-0.3, -0.25) is 4.98 Å². The van der Waals surface area contributed by atoms with Crippen LogP contribution in [0.2, 0.25) is 0 Å². The Morgan fingerprint density at radius 1 is 1.15 bits per heavy atom. The number of rotatable bonds is 6. The van der Waals surface area contributed by atoms with E-state index in [4.69, 9.17) is 4.74 Å². The molecule has 0 aliphatic rings. The molecule has 0 fully saturated rings. The van der Waals surface area contributed by atoms with E-state index in [0.29, 0.717) is 6.61 Å². The van der Waals surface area contributed by atoms with Crippen molar-refractivity contribution in [1.82, 2.24) is 9.88 Å². The van der Waals surface area contributed by atoms with Gasteiger partial charge in [0.05, 0.1) is 5.52 Å². The van der Waals surface area contributed by atoms with Gasteiger partial charge in [-0.1, -0.05) is 26.0 Å². The third kappa shape index (κ3) is 3.28. The van der Waals surface area contributed by atoms with Crippen molar-refractivity contribution in [2.24, 2.45) is 0 Å². The van der Waals surface area contributed by atoms with Crippen LogP contribution in [0.5, 0.6) is 5.75 Å². The van der Waals surface area contributed by atoms with Crippen molar-refractivity contribution < 1.29 is 4.74 Å². The fourth-order valence-corrected chi connectivity index (χ4v) is 2.43. The molecule has 3 heteroatoms. The van der Waals surface area contributed by atoms with Gasteiger partial charge in [-0.25, -0.2) is 0 Å². The molecule has 0 saturated heterocycles. The van der Waals surface area contributed by atoms with Crippen molar-refractivity contribution in [1.29, 1.82) is 0 Å². The summed E-state index contributed by atoms with van der Waals surface area (Å²) >= 11 is 0. The van der Waals surface area contributed by atoms with Crippen LogP contribution in [0.3, 0.4) is 0 Å². The highest BCUT2D eigenvalue weighted by Crippen LogP contribution is 2.27. The SMILES string of the molecule is CCN(CC)CCOc1cc(C)nc2c(C)cccc12. The molecule has 0 atom stereocenters. The van der Waals surface area contributed by atoms with Gasteiger partial charge in [-0.05, 0) is 38.6 Å². The molecule has 1 aromatic carbocycles. The van der Waals surface area contributed by atoms with Gasteiger partial charge < -0.3 is 9.64 Å². The van der Waals surface area contributed by atoms with E-state index < -0.39 is 0 Å². The fourth-order valence-electron chi connectivity index (χ4n) is 2.43. The van der Waals surface area contributed by atoms with Gasteiger partial charge in [0.25, 0.3) is 0 Å². The minimum atomic E-state index is 0.716. The number of para-hydroxylation sites is 1. The summed E-state index contributed by atoms with van der Waals surface area (Å²) < 4.78 is 6.01. The maximum absolute atomic E-state index is 6.01. The lowest BCUT2D eigenvalue weighted by Gasteiger charge is -2.18. The summed E-state index contributed by atoms with van der Waals surface area (Å²) in [6, 6.07) is 8.27. The first kappa shape index (κ1) is 14.8. The summed E-state index contributed by atoms with van der Waals surface area (Å²) in [6.07, 6.45) is 0. The number of aromatic nitrogens is 1. The second kappa shape index (κ2) is 6.71. The summed E-state index contributed by atoms with van der Waals surface area (Å²) in [6.45, 7) is 12.3. The number of hydrogen-bond donors (Lipinski definition) is 0. The molecule has 3 nitrogen and oxygen atoms in total. The maximum Gasteiger partial charge on any atom is 0.130 e. The summed E-state index contributed by atoms with van der Waals surface area (Å²) in [5, 5.41) is 1.11. The smallest absolute Gasteiger partial charge is 0.130 e. The zero-order valence-corrected chi connectivity index (χ0v) is 12.9. The molecule has 20 heavy (non-hydrogen) atoms. The molecule has 2 rings (SSSR count). The summed E-state index contributed by atoms with van der Waals surface area (Å²) in [7, 11) is 0. The molecule has 0 aliphatic heterocycles. The lowest BCUT2D eigenvalue weighted by Crippen LogP contribution is -2.27. The molecule has 0 spiro atoms. The maximum atomic E-state index is 6.01. The Labute approximate surface area is 121 Å². The Morgan fingerprint density at radius 2 is 1.90 bits per heavy atom. The molecule has 0 radical (unpaired) electrons. The largest absolute Gasteiger partial charge is 0.491 e. The summed E-state index contributed by atoms with van der Waals surface area (Å²) in [4.78, 5) is 6.98. The van der Waals surface area contributed by atoms with Crippen LogP contribution in [-0.4, -0.2) is 36.1 Å². The van der Waals surface area contributed by atoms with Crippen molar-refractivity contribution in [3.05, 3.63) is 35.5 Å². The van der Waals surface area contributed by atoms with Crippen molar-refractivity contribution in [2.75, 3.05) is 26.2 Å². The number of fused-ring (bicyclic) bond motifs is 1. The molecule has 0 bridgehead atoms. The molecule has 0 saturated carbocycles. The average Bonchev–Trinajstić information content (AvgIpc) is 2.44. The van der Waals surface area contributed by atoms with Crippen LogP contribution in [0.4, 0.5) is 0 Å². The highest BCUT2D eigenvalue weighted by molar-refractivity contribution is 5.87. The van der Waals surface area contributed by atoms with Crippen molar-refractivity contribution in [3.63, 3.8) is 0 Å². The molecule has 2 aromatic rings. The molecular formula is C17H24N2O. The molecular weight excluding hydrogens is 248 g/mol. The van der Waals surface area contributed by atoms with E-state index in [9.17, 15) is 0 Å². The minimum absolute atomic E-state index is 0.716. The monoisotopic (exact) mass is 272 g/mol. The first-order valence-electron chi connectivity index (χ1n) is 7.37. The molecule has 0 aliphatic carbocycles. The van der Waals surface area contributed by atoms with Crippen LogP contribution in [0.25, 0.3) is 10.9 Å². The molecule has 0 N–H and O–H groups in total. The zero-order valence-electron chi connectivity index (χ0n) is 12.9. The van der Waals surface area contributed by atoms with Crippen molar-refractivity contribution >= 4 is 10.9 Å². The fraction of sp³-hybridized carbons (Fsp3) is 0.471. The van der Waals surface area contributed by atoms with Gasteiger partial charge in [0.1, 0.15) is 12.4 Å². The number of aryl methyl sites for hydroxylation is 2. The molecule has 1 aromatic heterocycles. The average molecular weight is 272 g/mol. The number of nitrogens with zero attached hydrogens (tertiary/aromatic N) is 2. The van der Waals surface area contributed by atoms with Gasteiger partial charge in [-0.15, -0.1) is 0 Å². The first-order valence-corrected chi connectivity index (χ1v) is 7.37. The molecule has 108 valence electrons. The number of hydrogen-bond acceptors (Lipinski definition) is 3. The van der Waals surface area contributed by atoms with Gasteiger partial charge in [0.2, 0.25) is 0 Å². The minimum Gasteiger partial charge on any atom is -0.491 e. The number of likely N-dealkylation sites (N-methyl/N-ethyl adjacent to an activating group) is 1. The van der Waals surface area contributed by atoms with E-state index in [2.05, 4.69) is 48.9 Å². The second-order valence-electron chi connectivity index (χ2n) is 5.11. The number of benzene rings is 1. The lowest BCUT2D eigenvalue weighted by molar-refractivity contribution is 0.224. The first-order chi connectivity index (χ1) is 9.65. The van der Waals surface area contributed by atoms with E-state index in [1.807, 2.05) is 13.0 Å². The van der Waals surface area contributed by atoms with Gasteiger partial charge in [-0.2, -0.15) is 0 Å². The van der Waals surface area contributed by atoms with Crippen LogP contribution >= 0.6 is 0 Å². The Balaban J connectivity index is 2.19. The Hall–Kier alpha value is -1.61. The molecule has 1 heterocycles. The van der Waals surface area contributed by atoms with Crippen molar-refractivity contribution in [3.8, 4) is 5.75 Å². The normalized spacial score (nSPS) is 11.2. The van der Waals surface area contributed by atoms with Gasteiger partial charge >= 0.3 is 0 Å². The third-order valence-electron chi connectivity index (χ3n) is 3.69. The van der Waals surface area contributed by atoms with E-state index in [-0.39, 0.29) is 0 Å². The van der Waals surface area contributed by atoms with Crippen LogP contribution in [0, 0.1) is 13.8 Å². The van der Waals surface area contributed by atoms with E-state index in [1.165, 1.54) is 5.56 Å². The van der Waals surface area contributed by atoms with E-state index in [0.717, 1.165) is 42.0 Å². The Kier molecular flexibility index (Phi) is 4.96. The Bertz CT molecular complexity index is 576. The van der Waals surface area contributed by atoms with Crippen LogP contribution in [-0.2, 0) is 0 Å². The number of ether oxygens (including phenoxy) is 1. The Morgan fingerprint density at radius 3 is 2.60 bits per heavy atom. The molecule has 0 unspecified atom stereocenters. The standard InChI is InChI=1S/C17H24N2O/c1-5-19(6-2)10-11-20-16-12-14(4)18-17-13(3)8-7-9-15(16)17/h7-9,12H,5-6,10-11H2,1-4H3. The highest BCUT2D eigenvalue weighted by Gasteiger charge is 2.07. The number of pyridine rings is 1. The van der Waals surface area contributed by atoms with Crippen LogP contribution in [0.1, 0.15) is 25.1 Å². The van der Waals surface area contributed by atoms with Gasteiger partial charge in [0.15, 0.2) is 0 Å². The molecule has 0 amide bonds. The van der Waals surface area contributed by atoms with E-state index in [1.54, 1.807) is 0 Å². The van der Waals surface area contributed by atoms with Crippen LogP contribution in [0.15, 0.2) is 24.3 Å². The predicted molar refractivity (Wildman–Crippen MR) is 84.5 cm³/mol. The van der Waals surface area contributed by atoms with Crippen LogP contribution < -0.4 is 4.74 Å². The zero-order chi connectivity index (χ0) is 14.5. The quantitative estimate of drug-likeness (QED) is 0.804. The van der Waals surface area contributed by atoms with E-state index >= 15 is 0 Å². The second-order valence-corrected chi connectivity index (χ2v) is 5.11. The highest BCUT2D eigenvalue weighted by atomic mass is 16.5. The summed E-state index contributed by atoms with van der Waals surface area (Å²) in [5.41, 5.74) is 3.25. The lowest BCUT2D eigenvalue weighted by atomic mass is 10.1. The van der Waals surface area contributed by atoms with Crippen molar-refractivity contribution in [2.45, 2.75) is 27.7 Å². The third-order valence-corrected chi connectivity index (χ3v) is 3.69.